The van der Waals surface area contributed by atoms with Crippen LogP contribution in [0.25, 0.3) is 0 Å². The second-order valence-corrected chi connectivity index (χ2v) is 6.26. The average molecular weight is 356 g/mol. The highest BCUT2D eigenvalue weighted by molar-refractivity contribution is 5.79. The van der Waals surface area contributed by atoms with Gasteiger partial charge in [-0.05, 0) is 33.8 Å². The van der Waals surface area contributed by atoms with Crippen molar-refractivity contribution in [2.45, 2.75) is 52.9 Å². The van der Waals surface area contributed by atoms with Gasteiger partial charge in [0, 0.05) is 44.3 Å². The second-order valence-electron chi connectivity index (χ2n) is 6.26. The van der Waals surface area contributed by atoms with Gasteiger partial charge in [-0.15, -0.1) is 0 Å². The zero-order chi connectivity index (χ0) is 18.8. The summed E-state index contributed by atoms with van der Waals surface area (Å²) in [6.07, 6.45) is 0. The van der Waals surface area contributed by atoms with E-state index in [4.69, 9.17) is 0 Å². The molecule has 5 nitrogen and oxygen atoms in total. The molecule has 0 spiro atoms. The first-order valence-electron chi connectivity index (χ1n) is 8.58. The minimum atomic E-state index is -2.84. The maximum atomic E-state index is 12.5. The summed E-state index contributed by atoms with van der Waals surface area (Å²) in [5.41, 5.74) is 0.650. The molecule has 1 aromatic rings. The second kappa shape index (κ2) is 10.9. The minimum Gasteiger partial charge on any atom is -0.434 e. The highest BCUT2D eigenvalue weighted by Crippen LogP contribution is 2.19. The van der Waals surface area contributed by atoms with Gasteiger partial charge in [0.05, 0.1) is 0 Å². The largest absolute Gasteiger partial charge is 0.434 e. The van der Waals surface area contributed by atoms with Gasteiger partial charge in [0.25, 0.3) is 0 Å². The zero-order valence-corrected chi connectivity index (χ0v) is 15.7. The number of hydrogen-bond acceptors (Lipinski definition) is 3. The molecule has 7 heteroatoms. The first kappa shape index (κ1) is 21.2. The SMILES string of the molecule is CN=C(NCCN(C(C)C)C(C)C)NCc1ccccc1OC(F)F. The van der Waals surface area contributed by atoms with E-state index in [1.165, 1.54) is 6.07 Å². The molecule has 0 fully saturated rings. The first-order chi connectivity index (χ1) is 11.8. The van der Waals surface area contributed by atoms with Crippen LogP contribution >= 0.6 is 0 Å². The van der Waals surface area contributed by atoms with Gasteiger partial charge in [-0.25, -0.2) is 0 Å². The molecule has 0 atom stereocenters. The molecule has 0 aliphatic carbocycles. The molecule has 0 amide bonds. The summed E-state index contributed by atoms with van der Waals surface area (Å²) in [5.74, 6) is 0.797. The Hall–Kier alpha value is -1.89. The quantitative estimate of drug-likeness (QED) is 0.527. The molecule has 0 aromatic heterocycles. The van der Waals surface area contributed by atoms with E-state index in [-0.39, 0.29) is 5.75 Å². The summed E-state index contributed by atoms with van der Waals surface area (Å²) < 4.78 is 29.4. The molecule has 0 unspecified atom stereocenters. The molecular formula is C18H30F2N4O. The van der Waals surface area contributed by atoms with Crippen LogP contribution in [0.5, 0.6) is 5.75 Å². The number of para-hydroxylation sites is 1. The van der Waals surface area contributed by atoms with Crippen LogP contribution in [-0.4, -0.2) is 49.7 Å². The summed E-state index contributed by atoms with van der Waals surface area (Å²) in [6.45, 7) is 7.84. The van der Waals surface area contributed by atoms with E-state index in [9.17, 15) is 8.78 Å². The van der Waals surface area contributed by atoms with Crippen molar-refractivity contribution < 1.29 is 13.5 Å². The van der Waals surface area contributed by atoms with Crippen LogP contribution in [-0.2, 0) is 6.54 Å². The number of alkyl halides is 2. The van der Waals surface area contributed by atoms with Crippen molar-refractivity contribution in [1.29, 1.82) is 0 Å². The van der Waals surface area contributed by atoms with Gasteiger partial charge >= 0.3 is 6.61 Å². The molecule has 25 heavy (non-hydrogen) atoms. The predicted octanol–water partition coefficient (Wildman–Crippen LogP) is 3.07. The highest BCUT2D eigenvalue weighted by Gasteiger charge is 2.13. The lowest BCUT2D eigenvalue weighted by atomic mass is 10.2. The number of benzene rings is 1. The van der Waals surface area contributed by atoms with Gasteiger partial charge in [-0.1, -0.05) is 18.2 Å². The Balaban J connectivity index is 2.53. The monoisotopic (exact) mass is 356 g/mol. The number of halogens is 2. The summed E-state index contributed by atoms with van der Waals surface area (Å²) >= 11 is 0. The number of guanidine groups is 1. The molecule has 142 valence electrons. The maximum absolute atomic E-state index is 12.5. The lowest BCUT2D eigenvalue weighted by Crippen LogP contribution is -2.45. The van der Waals surface area contributed by atoms with Crippen LogP contribution in [0.2, 0.25) is 0 Å². The Bertz CT molecular complexity index is 528. The van der Waals surface area contributed by atoms with E-state index in [2.05, 4.69) is 53.0 Å². The van der Waals surface area contributed by atoms with Crippen molar-refractivity contribution in [2.75, 3.05) is 20.1 Å². The van der Waals surface area contributed by atoms with Crippen LogP contribution in [0.3, 0.4) is 0 Å². The summed E-state index contributed by atoms with van der Waals surface area (Å²) in [6, 6.07) is 7.67. The molecule has 0 bridgehead atoms. The molecule has 0 aliphatic heterocycles. The van der Waals surface area contributed by atoms with E-state index >= 15 is 0 Å². The standard InChI is InChI=1S/C18H30F2N4O/c1-13(2)24(14(3)4)11-10-22-18(21-5)23-12-15-8-6-7-9-16(15)25-17(19)20/h6-9,13-14,17H,10-12H2,1-5H3,(H2,21,22,23). The maximum Gasteiger partial charge on any atom is 0.387 e. The number of aliphatic imine (C=N–C) groups is 1. The predicted molar refractivity (Wildman–Crippen MR) is 98.3 cm³/mol. The van der Waals surface area contributed by atoms with Gasteiger partial charge in [0.15, 0.2) is 5.96 Å². The number of ether oxygens (including phenoxy) is 1. The summed E-state index contributed by atoms with van der Waals surface area (Å²) in [7, 11) is 1.68. The minimum absolute atomic E-state index is 0.172. The van der Waals surface area contributed by atoms with Crippen molar-refractivity contribution in [2.24, 2.45) is 4.99 Å². The summed E-state index contributed by atoms with van der Waals surface area (Å²) in [4.78, 5) is 6.55. The fourth-order valence-corrected chi connectivity index (χ4v) is 2.68. The Labute approximate surface area is 149 Å². The van der Waals surface area contributed by atoms with Crippen molar-refractivity contribution in [3.8, 4) is 5.75 Å². The Morgan fingerprint density at radius 1 is 1.12 bits per heavy atom. The topological polar surface area (TPSA) is 48.9 Å². The molecule has 0 radical (unpaired) electrons. The number of nitrogens with zero attached hydrogens (tertiary/aromatic N) is 2. The third-order valence-corrected chi connectivity index (χ3v) is 3.85. The summed E-state index contributed by atoms with van der Waals surface area (Å²) in [5, 5.41) is 6.38. The molecule has 1 rings (SSSR count). The molecular weight excluding hydrogens is 326 g/mol. The molecule has 0 aliphatic rings. The Morgan fingerprint density at radius 3 is 2.32 bits per heavy atom. The van der Waals surface area contributed by atoms with Crippen LogP contribution < -0.4 is 15.4 Å². The average Bonchev–Trinajstić information content (AvgIpc) is 2.54. The Morgan fingerprint density at radius 2 is 1.76 bits per heavy atom. The van der Waals surface area contributed by atoms with Crippen LogP contribution in [0, 0.1) is 0 Å². The van der Waals surface area contributed by atoms with Crippen molar-refractivity contribution >= 4 is 5.96 Å². The van der Waals surface area contributed by atoms with Crippen molar-refractivity contribution in [3.63, 3.8) is 0 Å². The van der Waals surface area contributed by atoms with E-state index in [1.54, 1.807) is 25.2 Å². The van der Waals surface area contributed by atoms with Gasteiger partial charge in [-0.3, -0.25) is 9.89 Å². The van der Waals surface area contributed by atoms with Gasteiger partial charge in [0.1, 0.15) is 5.75 Å². The third kappa shape index (κ3) is 7.69. The molecule has 0 saturated carbocycles. The number of rotatable bonds is 9. The molecule has 0 heterocycles. The fraction of sp³-hybridized carbons (Fsp3) is 0.611. The first-order valence-corrected chi connectivity index (χ1v) is 8.58. The number of nitrogens with one attached hydrogen (secondary N) is 2. The molecule has 0 saturated heterocycles. The van der Waals surface area contributed by atoms with Crippen molar-refractivity contribution in [3.05, 3.63) is 29.8 Å². The molecule has 1 aromatic carbocycles. The molecule has 2 N–H and O–H groups in total. The van der Waals surface area contributed by atoms with Gasteiger partial charge < -0.3 is 15.4 Å². The van der Waals surface area contributed by atoms with E-state index in [1.807, 2.05) is 0 Å². The van der Waals surface area contributed by atoms with Gasteiger partial charge in [-0.2, -0.15) is 8.78 Å². The van der Waals surface area contributed by atoms with Crippen LogP contribution in [0.4, 0.5) is 8.78 Å². The number of hydrogen-bond donors (Lipinski definition) is 2. The Kier molecular flexibility index (Phi) is 9.20. The lowest BCUT2D eigenvalue weighted by molar-refractivity contribution is -0.0504. The van der Waals surface area contributed by atoms with E-state index < -0.39 is 6.61 Å². The third-order valence-electron chi connectivity index (χ3n) is 3.85. The lowest BCUT2D eigenvalue weighted by Gasteiger charge is -2.30. The van der Waals surface area contributed by atoms with E-state index in [0.717, 1.165) is 13.1 Å². The smallest absolute Gasteiger partial charge is 0.387 e. The van der Waals surface area contributed by atoms with Crippen LogP contribution in [0.1, 0.15) is 33.3 Å². The van der Waals surface area contributed by atoms with Crippen molar-refractivity contribution in [1.82, 2.24) is 15.5 Å². The van der Waals surface area contributed by atoms with E-state index in [0.29, 0.717) is 30.2 Å². The van der Waals surface area contributed by atoms with Crippen LogP contribution in [0.15, 0.2) is 29.3 Å². The fourth-order valence-electron chi connectivity index (χ4n) is 2.68. The van der Waals surface area contributed by atoms with Gasteiger partial charge in [0.2, 0.25) is 0 Å². The highest BCUT2D eigenvalue weighted by atomic mass is 19.3. The zero-order valence-electron chi connectivity index (χ0n) is 15.7. The normalized spacial score (nSPS) is 12.4.